The van der Waals surface area contributed by atoms with Crippen molar-refractivity contribution >= 4 is 57.4 Å². The van der Waals surface area contributed by atoms with Crippen LogP contribution in [0, 0.1) is 0 Å². The normalized spacial score (nSPS) is 15.0. The van der Waals surface area contributed by atoms with E-state index in [2.05, 4.69) is 10.6 Å². The topological polar surface area (TPSA) is 80.2 Å². The molecule has 2 heterocycles. The lowest BCUT2D eigenvalue weighted by atomic mass is 10.1. The Morgan fingerprint density at radius 3 is 2.63 bits per heavy atom. The van der Waals surface area contributed by atoms with Crippen LogP contribution in [0.5, 0.6) is 0 Å². The fraction of sp³-hybridized carbons (Fsp3) is 0.136. The van der Waals surface area contributed by atoms with E-state index in [0.29, 0.717) is 29.4 Å². The van der Waals surface area contributed by atoms with E-state index in [1.54, 1.807) is 18.2 Å². The lowest BCUT2D eigenvalue weighted by Gasteiger charge is -2.07. The van der Waals surface area contributed by atoms with Gasteiger partial charge in [-0.25, -0.2) is 0 Å². The first-order valence-corrected chi connectivity index (χ1v) is 10.5. The molecule has 0 spiro atoms. The molecule has 0 unspecified atom stereocenters. The fourth-order valence-corrected chi connectivity index (χ4v) is 4.05. The minimum atomic E-state index is -0.386. The van der Waals surface area contributed by atoms with Gasteiger partial charge in [0, 0.05) is 47.2 Å². The quantitative estimate of drug-likeness (QED) is 0.560. The number of nitrogens with zero attached hydrogens (tertiary/aromatic N) is 1. The summed E-state index contributed by atoms with van der Waals surface area (Å²) in [5.41, 5.74) is 2.78. The number of para-hydroxylation sites is 1. The maximum atomic E-state index is 12.3. The first-order chi connectivity index (χ1) is 14.5. The highest BCUT2D eigenvalue weighted by atomic mass is 35.5. The number of hydrogen-bond acceptors (Lipinski definition) is 4. The van der Waals surface area contributed by atoms with Gasteiger partial charge in [-0.05, 0) is 41.6 Å². The number of benzene rings is 2. The molecule has 1 aliphatic rings. The zero-order chi connectivity index (χ0) is 21.1. The van der Waals surface area contributed by atoms with Crippen LogP contribution in [0.25, 0.3) is 17.0 Å². The van der Waals surface area contributed by atoms with Crippen LogP contribution in [-0.4, -0.2) is 21.6 Å². The monoisotopic (exact) mass is 439 g/mol. The molecular formula is C22H18ClN3O3S. The predicted octanol–water partition coefficient (Wildman–Crippen LogP) is 4.33. The van der Waals surface area contributed by atoms with Crippen molar-refractivity contribution in [3.63, 3.8) is 0 Å². The van der Waals surface area contributed by atoms with Crippen molar-refractivity contribution in [1.82, 2.24) is 15.2 Å². The standard InChI is InChI=1S/C22H18ClN3O3S/c23-16-7-5-14(6-8-16)12-24-20(27)9-10-26-13-15(17-3-1-2-4-18(17)26)11-19-21(28)25-22(29)30-19/h1-8,11,13H,9-10,12H2,(H,24,27)(H,25,28,29)/b19-11+. The molecule has 8 heteroatoms. The Balaban J connectivity index is 1.46. The molecule has 4 rings (SSSR count). The molecule has 2 aromatic carbocycles. The van der Waals surface area contributed by atoms with E-state index in [-0.39, 0.29) is 17.1 Å². The summed E-state index contributed by atoms with van der Waals surface area (Å²) in [5.74, 6) is -0.442. The van der Waals surface area contributed by atoms with Gasteiger partial charge in [0.15, 0.2) is 0 Å². The average Bonchev–Trinajstić information content (AvgIpc) is 3.25. The van der Waals surface area contributed by atoms with Gasteiger partial charge >= 0.3 is 0 Å². The van der Waals surface area contributed by atoms with E-state index in [1.165, 1.54) is 0 Å². The summed E-state index contributed by atoms with van der Waals surface area (Å²) in [5, 5.41) is 6.42. The summed E-state index contributed by atoms with van der Waals surface area (Å²) in [6.07, 6.45) is 3.93. The van der Waals surface area contributed by atoms with Gasteiger partial charge < -0.3 is 9.88 Å². The van der Waals surface area contributed by atoms with Gasteiger partial charge in [0.05, 0.1) is 4.91 Å². The second kappa shape index (κ2) is 8.77. The summed E-state index contributed by atoms with van der Waals surface area (Å²) < 4.78 is 1.99. The molecule has 0 radical (unpaired) electrons. The van der Waals surface area contributed by atoms with Crippen LogP contribution < -0.4 is 10.6 Å². The molecule has 1 saturated heterocycles. The van der Waals surface area contributed by atoms with Gasteiger partial charge in [0.2, 0.25) is 5.91 Å². The molecule has 30 heavy (non-hydrogen) atoms. The van der Waals surface area contributed by atoms with Crippen molar-refractivity contribution in [3.8, 4) is 0 Å². The molecule has 152 valence electrons. The van der Waals surface area contributed by atoms with Crippen LogP contribution in [0.4, 0.5) is 4.79 Å². The second-order valence-electron chi connectivity index (χ2n) is 6.80. The number of carbonyl (C=O) groups excluding carboxylic acids is 3. The van der Waals surface area contributed by atoms with E-state index in [1.807, 2.05) is 47.2 Å². The van der Waals surface area contributed by atoms with Crippen molar-refractivity contribution in [3.05, 3.63) is 75.8 Å². The lowest BCUT2D eigenvalue weighted by molar-refractivity contribution is -0.121. The Bertz CT molecular complexity index is 1170. The molecule has 3 aromatic rings. The number of carbonyl (C=O) groups is 3. The highest BCUT2D eigenvalue weighted by Crippen LogP contribution is 2.29. The zero-order valence-electron chi connectivity index (χ0n) is 15.9. The van der Waals surface area contributed by atoms with Crippen LogP contribution >= 0.6 is 23.4 Å². The maximum absolute atomic E-state index is 12.3. The highest BCUT2D eigenvalue weighted by Gasteiger charge is 2.25. The van der Waals surface area contributed by atoms with E-state index in [0.717, 1.165) is 33.8 Å². The molecule has 0 saturated carbocycles. The number of fused-ring (bicyclic) bond motifs is 1. The lowest BCUT2D eigenvalue weighted by Crippen LogP contribution is -2.23. The van der Waals surface area contributed by atoms with Crippen LogP contribution in [0.1, 0.15) is 17.5 Å². The third-order valence-corrected chi connectivity index (χ3v) is 5.79. The SMILES string of the molecule is O=C(CCn1cc(/C=C2/SC(=O)NC2=O)c2ccccc21)NCc1ccc(Cl)cc1. The van der Waals surface area contributed by atoms with E-state index < -0.39 is 0 Å². The number of nitrogens with one attached hydrogen (secondary N) is 2. The number of aromatic nitrogens is 1. The van der Waals surface area contributed by atoms with Gasteiger partial charge in [-0.2, -0.15) is 0 Å². The van der Waals surface area contributed by atoms with E-state index in [4.69, 9.17) is 11.6 Å². The van der Waals surface area contributed by atoms with Crippen molar-refractivity contribution in [2.45, 2.75) is 19.5 Å². The number of halogens is 1. The Morgan fingerprint density at radius 2 is 1.90 bits per heavy atom. The zero-order valence-corrected chi connectivity index (χ0v) is 17.4. The molecule has 2 N–H and O–H groups in total. The van der Waals surface area contributed by atoms with Crippen molar-refractivity contribution in [1.29, 1.82) is 0 Å². The van der Waals surface area contributed by atoms with Crippen LogP contribution in [-0.2, 0) is 22.7 Å². The highest BCUT2D eigenvalue weighted by molar-refractivity contribution is 8.18. The Labute approximate surface area is 182 Å². The third-order valence-electron chi connectivity index (χ3n) is 4.73. The first kappa shape index (κ1) is 20.3. The molecule has 1 aromatic heterocycles. The van der Waals surface area contributed by atoms with Crippen molar-refractivity contribution in [2.24, 2.45) is 0 Å². The molecule has 6 nitrogen and oxygen atoms in total. The fourth-order valence-electron chi connectivity index (χ4n) is 3.25. The number of hydrogen-bond donors (Lipinski definition) is 2. The predicted molar refractivity (Wildman–Crippen MR) is 119 cm³/mol. The summed E-state index contributed by atoms with van der Waals surface area (Å²) in [4.78, 5) is 35.9. The largest absolute Gasteiger partial charge is 0.352 e. The Morgan fingerprint density at radius 1 is 1.13 bits per heavy atom. The molecule has 1 fully saturated rings. The van der Waals surface area contributed by atoms with Crippen LogP contribution in [0.15, 0.2) is 59.6 Å². The summed E-state index contributed by atoms with van der Waals surface area (Å²) in [7, 11) is 0. The first-order valence-electron chi connectivity index (χ1n) is 9.33. The van der Waals surface area contributed by atoms with Crippen molar-refractivity contribution < 1.29 is 14.4 Å². The molecule has 0 aliphatic carbocycles. The van der Waals surface area contributed by atoms with Crippen LogP contribution in [0.3, 0.4) is 0 Å². The Kier molecular flexibility index (Phi) is 5.92. The number of amides is 3. The molecule has 0 bridgehead atoms. The van der Waals surface area contributed by atoms with Gasteiger partial charge in [-0.3, -0.25) is 19.7 Å². The number of aryl methyl sites for hydroxylation is 1. The Hall–Kier alpha value is -3.03. The van der Waals surface area contributed by atoms with E-state index in [9.17, 15) is 14.4 Å². The van der Waals surface area contributed by atoms with Gasteiger partial charge in [0.25, 0.3) is 11.1 Å². The molecule has 3 amide bonds. The molecular weight excluding hydrogens is 422 g/mol. The number of thioether (sulfide) groups is 1. The maximum Gasteiger partial charge on any atom is 0.290 e. The smallest absolute Gasteiger partial charge is 0.290 e. The number of imide groups is 1. The van der Waals surface area contributed by atoms with Gasteiger partial charge in [-0.1, -0.05) is 41.9 Å². The van der Waals surface area contributed by atoms with Gasteiger partial charge in [0.1, 0.15) is 0 Å². The molecule has 1 aliphatic heterocycles. The minimum absolute atomic E-state index is 0.0565. The summed E-state index contributed by atoms with van der Waals surface area (Å²) in [6.45, 7) is 0.939. The van der Waals surface area contributed by atoms with E-state index >= 15 is 0 Å². The van der Waals surface area contributed by atoms with Crippen LogP contribution in [0.2, 0.25) is 5.02 Å². The number of rotatable bonds is 6. The van der Waals surface area contributed by atoms with Gasteiger partial charge in [-0.15, -0.1) is 0 Å². The average molecular weight is 440 g/mol. The minimum Gasteiger partial charge on any atom is -0.352 e. The second-order valence-corrected chi connectivity index (χ2v) is 8.25. The van der Waals surface area contributed by atoms with Crippen molar-refractivity contribution in [2.75, 3.05) is 0 Å². The summed E-state index contributed by atoms with van der Waals surface area (Å²) >= 11 is 6.77. The summed E-state index contributed by atoms with van der Waals surface area (Å²) in [6, 6.07) is 15.1. The molecule has 0 atom stereocenters. The third kappa shape index (κ3) is 4.58.